The van der Waals surface area contributed by atoms with Gasteiger partial charge in [-0.1, -0.05) is 46.9 Å². The van der Waals surface area contributed by atoms with E-state index < -0.39 is 25.0 Å². The molecular weight excluding hydrogens is 516 g/mol. The minimum Gasteiger partial charge on any atom is -0.480 e. The molecule has 1 aliphatic rings. The quantitative estimate of drug-likeness (QED) is 0.379. The number of fused-ring (bicyclic) bond motifs is 1. The van der Waals surface area contributed by atoms with Crippen LogP contribution in [0.2, 0.25) is 15.1 Å². The molecule has 6 nitrogen and oxygen atoms in total. The van der Waals surface area contributed by atoms with Crippen LogP contribution in [0.3, 0.4) is 0 Å². The summed E-state index contributed by atoms with van der Waals surface area (Å²) in [7, 11) is 0. The third-order valence-corrected chi connectivity index (χ3v) is 5.92. The maximum atomic E-state index is 12.9. The highest BCUT2D eigenvalue weighted by atomic mass is 35.5. The Hall–Kier alpha value is -2.49. The van der Waals surface area contributed by atoms with Crippen molar-refractivity contribution in [3.63, 3.8) is 0 Å². The number of rotatable bonds is 7. The number of aromatic nitrogens is 3. The zero-order valence-electron chi connectivity index (χ0n) is 17.6. The van der Waals surface area contributed by atoms with E-state index in [1.54, 1.807) is 12.1 Å². The van der Waals surface area contributed by atoms with E-state index in [4.69, 9.17) is 39.5 Å². The van der Waals surface area contributed by atoms with Crippen molar-refractivity contribution in [1.29, 1.82) is 0 Å². The van der Waals surface area contributed by atoms with Crippen LogP contribution < -0.4 is 9.64 Å². The number of anilines is 1. The van der Waals surface area contributed by atoms with Crippen LogP contribution in [0.25, 0.3) is 0 Å². The van der Waals surface area contributed by atoms with Gasteiger partial charge in [-0.2, -0.15) is 18.3 Å². The van der Waals surface area contributed by atoms with E-state index >= 15 is 0 Å². The monoisotopic (exact) mass is 532 g/mol. The molecule has 0 unspecified atom stereocenters. The molecule has 3 aromatic rings. The van der Waals surface area contributed by atoms with Crippen molar-refractivity contribution in [2.45, 2.75) is 38.5 Å². The first-order chi connectivity index (χ1) is 16.1. The van der Waals surface area contributed by atoms with Crippen LogP contribution in [0, 0.1) is 0 Å². The molecule has 4 rings (SSSR count). The Morgan fingerprint density at radius 1 is 1.03 bits per heavy atom. The summed E-state index contributed by atoms with van der Waals surface area (Å²) in [5.74, 6) is 0.457. The topological polar surface area (TPSA) is 60.2 Å². The molecule has 0 bridgehead atoms. The number of carbonyl (C=O) groups is 1. The summed E-state index contributed by atoms with van der Waals surface area (Å²) in [5, 5.41) is 5.40. The highest BCUT2D eigenvalue weighted by Crippen LogP contribution is 2.41. The van der Waals surface area contributed by atoms with Crippen molar-refractivity contribution in [2.24, 2.45) is 0 Å². The summed E-state index contributed by atoms with van der Waals surface area (Å²) >= 11 is 18.2. The lowest BCUT2D eigenvalue weighted by atomic mass is 10.1. The third-order valence-electron chi connectivity index (χ3n) is 5.17. The van der Waals surface area contributed by atoms with E-state index in [1.807, 2.05) is 12.1 Å². The van der Waals surface area contributed by atoms with Crippen LogP contribution in [-0.2, 0) is 30.7 Å². The van der Waals surface area contributed by atoms with Crippen LogP contribution in [0.15, 0.2) is 36.4 Å². The predicted molar refractivity (Wildman–Crippen MR) is 123 cm³/mol. The lowest BCUT2D eigenvalue weighted by Crippen LogP contribution is -2.39. The SMILES string of the molecule is O=C1COc2c(Cl)cc(Cl)cc2N1Cc1nc(CCc2ccc(Cl)cc2)nn1CCC(F)(F)F. The van der Waals surface area contributed by atoms with Crippen LogP contribution in [-0.4, -0.2) is 33.5 Å². The molecule has 2 aromatic carbocycles. The van der Waals surface area contributed by atoms with Gasteiger partial charge in [-0.3, -0.25) is 9.69 Å². The second kappa shape index (κ2) is 10.0. The summed E-state index contributed by atoms with van der Waals surface area (Å²) in [6.07, 6.45) is -4.47. The number of aryl methyl sites for hydroxylation is 3. The van der Waals surface area contributed by atoms with E-state index in [0.29, 0.717) is 29.4 Å². The van der Waals surface area contributed by atoms with Gasteiger partial charge >= 0.3 is 6.18 Å². The van der Waals surface area contributed by atoms with Crippen molar-refractivity contribution >= 4 is 46.4 Å². The van der Waals surface area contributed by atoms with Crippen molar-refractivity contribution in [1.82, 2.24) is 14.8 Å². The van der Waals surface area contributed by atoms with Gasteiger partial charge in [0.25, 0.3) is 5.91 Å². The summed E-state index contributed by atoms with van der Waals surface area (Å²) in [6, 6.07) is 10.2. The zero-order valence-corrected chi connectivity index (χ0v) is 19.8. The van der Waals surface area contributed by atoms with Crippen molar-refractivity contribution < 1.29 is 22.7 Å². The first-order valence-corrected chi connectivity index (χ1v) is 11.4. The second-order valence-electron chi connectivity index (χ2n) is 7.66. The molecule has 1 aliphatic heterocycles. The summed E-state index contributed by atoms with van der Waals surface area (Å²) in [4.78, 5) is 18.4. The number of hydrogen-bond acceptors (Lipinski definition) is 4. The van der Waals surface area contributed by atoms with Crippen molar-refractivity contribution in [2.75, 3.05) is 11.5 Å². The molecule has 0 radical (unpaired) electrons. The molecule has 2 heterocycles. The van der Waals surface area contributed by atoms with Gasteiger partial charge in [0.05, 0.1) is 30.2 Å². The zero-order chi connectivity index (χ0) is 24.5. The fourth-order valence-corrected chi connectivity index (χ4v) is 4.18. The molecule has 0 fully saturated rings. The minimum atomic E-state index is -4.37. The van der Waals surface area contributed by atoms with Gasteiger partial charge in [-0.05, 0) is 36.2 Å². The molecule has 180 valence electrons. The van der Waals surface area contributed by atoms with E-state index in [-0.39, 0.29) is 34.8 Å². The highest BCUT2D eigenvalue weighted by Gasteiger charge is 2.31. The Bertz CT molecular complexity index is 1200. The third kappa shape index (κ3) is 5.95. The average Bonchev–Trinajstić information content (AvgIpc) is 3.15. The van der Waals surface area contributed by atoms with Gasteiger partial charge in [0, 0.05) is 16.5 Å². The van der Waals surface area contributed by atoms with Gasteiger partial charge in [0.1, 0.15) is 5.82 Å². The largest absolute Gasteiger partial charge is 0.480 e. The van der Waals surface area contributed by atoms with Crippen molar-refractivity contribution in [3.05, 3.63) is 68.7 Å². The fraction of sp³-hybridized carbons (Fsp3) is 0.318. The number of benzene rings is 2. The predicted octanol–water partition coefficient (Wildman–Crippen LogP) is 5.90. The van der Waals surface area contributed by atoms with Gasteiger partial charge in [0.2, 0.25) is 0 Å². The number of hydrogen-bond donors (Lipinski definition) is 0. The molecule has 0 saturated heterocycles. The van der Waals surface area contributed by atoms with Gasteiger partial charge in [0.15, 0.2) is 18.2 Å². The van der Waals surface area contributed by atoms with Crippen LogP contribution in [0.4, 0.5) is 18.9 Å². The lowest BCUT2D eigenvalue weighted by molar-refractivity contribution is -0.137. The Labute approximate surface area is 208 Å². The summed E-state index contributed by atoms with van der Waals surface area (Å²) < 4.78 is 45.3. The molecular formula is C22H18Cl3F3N4O2. The van der Waals surface area contributed by atoms with Crippen LogP contribution in [0.5, 0.6) is 5.75 Å². The maximum absolute atomic E-state index is 12.9. The highest BCUT2D eigenvalue weighted by molar-refractivity contribution is 6.36. The molecule has 0 spiro atoms. The second-order valence-corrected chi connectivity index (χ2v) is 8.94. The minimum absolute atomic E-state index is 0.113. The molecule has 1 aromatic heterocycles. The summed E-state index contributed by atoms with van der Waals surface area (Å²) in [6.45, 7) is -0.805. The summed E-state index contributed by atoms with van der Waals surface area (Å²) in [5.41, 5.74) is 1.31. The Morgan fingerprint density at radius 2 is 1.76 bits per heavy atom. The average molecular weight is 534 g/mol. The van der Waals surface area contributed by atoms with Crippen LogP contribution >= 0.6 is 34.8 Å². The normalized spacial score (nSPS) is 13.7. The van der Waals surface area contributed by atoms with E-state index in [0.717, 1.165) is 5.56 Å². The molecule has 0 N–H and O–H groups in total. The molecule has 34 heavy (non-hydrogen) atoms. The van der Waals surface area contributed by atoms with E-state index in [9.17, 15) is 18.0 Å². The Morgan fingerprint density at radius 3 is 2.47 bits per heavy atom. The molecule has 1 amide bonds. The number of ether oxygens (including phenoxy) is 1. The fourth-order valence-electron chi connectivity index (χ4n) is 3.52. The van der Waals surface area contributed by atoms with Gasteiger partial charge in [-0.25, -0.2) is 9.67 Å². The van der Waals surface area contributed by atoms with Gasteiger partial charge in [-0.15, -0.1) is 0 Å². The van der Waals surface area contributed by atoms with Crippen LogP contribution in [0.1, 0.15) is 23.6 Å². The smallest absolute Gasteiger partial charge is 0.390 e. The van der Waals surface area contributed by atoms with E-state index in [2.05, 4.69) is 10.1 Å². The molecule has 12 heteroatoms. The number of nitrogens with zero attached hydrogens (tertiary/aromatic N) is 4. The Balaban J connectivity index is 1.60. The number of halogens is 6. The van der Waals surface area contributed by atoms with Crippen molar-refractivity contribution in [3.8, 4) is 5.75 Å². The lowest BCUT2D eigenvalue weighted by Gasteiger charge is -2.29. The number of alkyl halides is 3. The van der Waals surface area contributed by atoms with Gasteiger partial charge < -0.3 is 4.74 Å². The van der Waals surface area contributed by atoms with E-state index in [1.165, 1.54) is 21.7 Å². The molecule has 0 aliphatic carbocycles. The number of amides is 1. The first-order valence-electron chi connectivity index (χ1n) is 10.2. The first kappa shape index (κ1) is 24.6. The molecule has 0 atom stereocenters. The standard InChI is InChI=1S/C22H18Cl3F3N4O2/c23-14-4-1-13(2-5-14)3-6-18-29-19(32(30-18)8-7-22(26,27)28)11-31-17-10-15(24)9-16(25)21(17)34-12-20(31)33/h1-2,4-5,9-10H,3,6-8,11-12H2. The molecule has 0 saturated carbocycles. The Kier molecular flexibility index (Phi) is 7.25. The maximum Gasteiger partial charge on any atom is 0.390 e. The number of carbonyl (C=O) groups excluding carboxylic acids is 1.